The van der Waals surface area contributed by atoms with Crippen molar-refractivity contribution in [3.8, 4) is 5.75 Å². The van der Waals surface area contributed by atoms with Crippen molar-refractivity contribution in [2.24, 2.45) is 5.10 Å². The molecule has 3 rings (SSSR count). The van der Waals surface area contributed by atoms with E-state index < -0.39 is 16.7 Å². The highest BCUT2D eigenvalue weighted by Gasteiger charge is 2.13. The molecule has 3 aromatic carbocycles. The topological polar surface area (TPSA) is 123 Å². The number of halogens is 3. The van der Waals surface area contributed by atoms with E-state index >= 15 is 0 Å². The lowest BCUT2D eigenvalue weighted by molar-refractivity contribution is -0.384. The van der Waals surface area contributed by atoms with Crippen LogP contribution in [0.4, 0.5) is 11.4 Å². The van der Waals surface area contributed by atoms with E-state index in [-0.39, 0.29) is 33.7 Å². The number of nitrogens with one attached hydrogen (secondary N) is 2. The first-order valence-corrected chi connectivity index (χ1v) is 10.6. The van der Waals surface area contributed by atoms with Crippen LogP contribution in [0.1, 0.15) is 15.9 Å². The van der Waals surface area contributed by atoms with Gasteiger partial charge in [-0.15, -0.1) is 0 Å². The van der Waals surface area contributed by atoms with Gasteiger partial charge in [0.1, 0.15) is 0 Å². The predicted octanol–water partition coefficient (Wildman–Crippen LogP) is 5.34. The SMILES string of the molecule is O=C(COc1c(Cl)cc(/C=N/NC(=O)c2ccc([N+](=O)[O-])cc2)cc1Cl)Nc1ccccc1Cl. The minimum atomic E-state index is -0.563. The number of nitro benzene ring substituents is 1. The molecule has 0 fully saturated rings. The van der Waals surface area contributed by atoms with Crippen molar-refractivity contribution in [3.05, 3.63) is 97.0 Å². The number of nitro groups is 1. The van der Waals surface area contributed by atoms with E-state index in [1.54, 1.807) is 24.3 Å². The van der Waals surface area contributed by atoms with Gasteiger partial charge in [-0.2, -0.15) is 5.10 Å². The Labute approximate surface area is 208 Å². The van der Waals surface area contributed by atoms with Gasteiger partial charge < -0.3 is 10.1 Å². The fourth-order valence-corrected chi connectivity index (χ4v) is 3.44. The molecular weight excluding hydrogens is 507 g/mol. The molecule has 0 aromatic heterocycles. The quantitative estimate of drug-likeness (QED) is 0.235. The second kappa shape index (κ2) is 11.5. The molecule has 0 unspecified atom stereocenters. The van der Waals surface area contributed by atoms with Gasteiger partial charge in [-0.1, -0.05) is 46.9 Å². The first-order chi connectivity index (χ1) is 16.2. The molecule has 0 radical (unpaired) electrons. The van der Waals surface area contributed by atoms with Crippen LogP contribution in [0.5, 0.6) is 5.75 Å². The van der Waals surface area contributed by atoms with Crippen LogP contribution < -0.4 is 15.5 Å². The average Bonchev–Trinajstić information content (AvgIpc) is 2.80. The summed E-state index contributed by atoms with van der Waals surface area (Å²) in [7, 11) is 0. The van der Waals surface area contributed by atoms with Crippen molar-refractivity contribution in [2.75, 3.05) is 11.9 Å². The number of nitrogens with zero attached hydrogens (tertiary/aromatic N) is 2. The lowest BCUT2D eigenvalue weighted by atomic mass is 10.2. The fourth-order valence-electron chi connectivity index (χ4n) is 2.64. The Morgan fingerprint density at radius 3 is 2.26 bits per heavy atom. The molecule has 0 saturated carbocycles. The normalized spacial score (nSPS) is 10.7. The number of carbonyl (C=O) groups excluding carboxylic acids is 2. The number of hydrogen-bond acceptors (Lipinski definition) is 6. The number of hydrazone groups is 1. The highest BCUT2D eigenvalue weighted by atomic mass is 35.5. The molecule has 0 bridgehead atoms. The molecule has 0 spiro atoms. The Balaban J connectivity index is 1.58. The number of benzene rings is 3. The van der Waals surface area contributed by atoms with Gasteiger partial charge in [-0.25, -0.2) is 5.43 Å². The Hall–Kier alpha value is -3.66. The Morgan fingerprint density at radius 2 is 1.65 bits per heavy atom. The van der Waals surface area contributed by atoms with Gasteiger partial charge in [0.25, 0.3) is 17.5 Å². The maximum atomic E-state index is 12.1. The van der Waals surface area contributed by atoms with E-state index in [1.165, 1.54) is 42.6 Å². The molecule has 2 amide bonds. The van der Waals surface area contributed by atoms with E-state index in [9.17, 15) is 19.7 Å². The molecule has 0 atom stereocenters. The van der Waals surface area contributed by atoms with Crippen LogP contribution in [0.2, 0.25) is 15.1 Å². The molecule has 0 aliphatic carbocycles. The Morgan fingerprint density at radius 1 is 1.00 bits per heavy atom. The highest BCUT2D eigenvalue weighted by Crippen LogP contribution is 2.34. The van der Waals surface area contributed by atoms with E-state index in [0.717, 1.165) is 0 Å². The third kappa shape index (κ3) is 6.67. The first kappa shape index (κ1) is 25.0. The second-order valence-electron chi connectivity index (χ2n) is 6.63. The lowest BCUT2D eigenvalue weighted by Crippen LogP contribution is -2.20. The molecular formula is C22H15Cl3N4O5. The Kier molecular flexibility index (Phi) is 8.42. The van der Waals surface area contributed by atoms with Crippen molar-refractivity contribution in [3.63, 3.8) is 0 Å². The summed E-state index contributed by atoms with van der Waals surface area (Å²) < 4.78 is 5.44. The molecule has 34 heavy (non-hydrogen) atoms. The van der Waals surface area contributed by atoms with Crippen molar-refractivity contribution in [2.45, 2.75) is 0 Å². The van der Waals surface area contributed by atoms with Crippen LogP contribution in [0.25, 0.3) is 0 Å². The maximum Gasteiger partial charge on any atom is 0.271 e. The van der Waals surface area contributed by atoms with Gasteiger partial charge in [-0.3, -0.25) is 19.7 Å². The summed E-state index contributed by atoms with van der Waals surface area (Å²) in [5.74, 6) is -0.919. The van der Waals surface area contributed by atoms with E-state index in [4.69, 9.17) is 39.5 Å². The van der Waals surface area contributed by atoms with Gasteiger partial charge in [-0.05, 0) is 42.0 Å². The van der Waals surface area contributed by atoms with Crippen LogP contribution in [0.3, 0.4) is 0 Å². The smallest absolute Gasteiger partial charge is 0.271 e. The van der Waals surface area contributed by atoms with Crippen LogP contribution in [-0.2, 0) is 4.79 Å². The minimum absolute atomic E-state index is 0.102. The monoisotopic (exact) mass is 520 g/mol. The molecule has 3 aromatic rings. The van der Waals surface area contributed by atoms with E-state index in [0.29, 0.717) is 16.3 Å². The minimum Gasteiger partial charge on any atom is -0.481 e. The Bertz CT molecular complexity index is 1240. The third-order valence-corrected chi connectivity index (χ3v) is 5.13. The van der Waals surface area contributed by atoms with Gasteiger partial charge >= 0.3 is 0 Å². The summed E-state index contributed by atoms with van der Waals surface area (Å²) in [5, 5.41) is 17.8. The molecule has 0 heterocycles. The molecule has 12 heteroatoms. The lowest BCUT2D eigenvalue weighted by Gasteiger charge is -2.11. The first-order valence-electron chi connectivity index (χ1n) is 9.48. The molecule has 174 valence electrons. The van der Waals surface area contributed by atoms with Gasteiger partial charge in [0, 0.05) is 17.7 Å². The van der Waals surface area contributed by atoms with Gasteiger partial charge in [0.05, 0.1) is 31.9 Å². The summed E-state index contributed by atoms with van der Waals surface area (Å²) in [6.45, 7) is -0.358. The van der Waals surface area contributed by atoms with Crippen LogP contribution in [-0.4, -0.2) is 29.6 Å². The summed E-state index contributed by atoms with van der Waals surface area (Å²) in [6, 6.07) is 14.8. The number of para-hydroxylation sites is 1. The number of amides is 2. The third-order valence-electron chi connectivity index (χ3n) is 4.24. The zero-order valence-corrected chi connectivity index (χ0v) is 19.4. The van der Waals surface area contributed by atoms with E-state index in [2.05, 4.69) is 15.8 Å². The van der Waals surface area contributed by atoms with E-state index in [1.807, 2.05) is 0 Å². The summed E-state index contributed by atoms with van der Waals surface area (Å²) in [5.41, 5.74) is 3.25. The predicted molar refractivity (Wildman–Crippen MR) is 130 cm³/mol. The average molecular weight is 522 g/mol. The van der Waals surface area contributed by atoms with Gasteiger partial charge in [0.2, 0.25) is 0 Å². The zero-order valence-electron chi connectivity index (χ0n) is 17.1. The summed E-state index contributed by atoms with van der Waals surface area (Å²) in [4.78, 5) is 34.3. The van der Waals surface area contributed by atoms with Crippen LogP contribution in [0, 0.1) is 10.1 Å². The molecule has 2 N–H and O–H groups in total. The number of hydrogen-bond donors (Lipinski definition) is 2. The van der Waals surface area contributed by atoms with Crippen LogP contribution >= 0.6 is 34.8 Å². The largest absolute Gasteiger partial charge is 0.481 e. The van der Waals surface area contributed by atoms with Crippen molar-refractivity contribution < 1.29 is 19.2 Å². The number of non-ortho nitro benzene ring substituents is 1. The standard InChI is InChI=1S/C22H15Cl3N4O5/c23-16-3-1-2-4-19(16)27-20(30)12-34-21-17(24)9-13(10-18(21)25)11-26-28-22(31)14-5-7-15(8-6-14)29(32)33/h1-11H,12H2,(H,27,30)(H,28,31)/b26-11+. The van der Waals surface area contributed by atoms with Crippen molar-refractivity contribution >= 4 is 64.2 Å². The number of rotatable bonds is 8. The summed E-state index contributed by atoms with van der Waals surface area (Å²) in [6.07, 6.45) is 1.30. The summed E-state index contributed by atoms with van der Waals surface area (Å²) >= 11 is 18.4. The fraction of sp³-hybridized carbons (Fsp3) is 0.0455. The maximum absolute atomic E-state index is 12.1. The van der Waals surface area contributed by atoms with Crippen molar-refractivity contribution in [1.29, 1.82) is 0 Å². The van der Waals surface area contributed by atoms with Crippen LogP contribution in [0.15, 0.2) is 65.8 Å². The highest BCUT2D eigenvalue weighted by molar-refractivity contribution is 6.37. The molecule has 0 aliphatic rings. The molecule has 0 aliphatic heterocycles. The van der Waals surface area contributed by atoms with Crippen molar-refractivity contribution in [1.82, 2.24) is 5.43 Å². The number of anilines is 1. The zero-order chi connectivity index (χ0) is 24.7. The second-order valence-corrected chi connectivity index (χ2v) is 7.86. The molecule has 9 nitrogen and oxygen atoms in total. The molecule has 0 saturated heterocycles. The number of carbonyl (C=O) groups is 2. The van der Waals surface area contributed by atoms with Gasteiger partial charge in [0.15, 0.2) is 12.4 Å². The number of ether oxygens (including phenoxy) is 1.